The van der Waals surface area contributed by atoms with Gasteiger partial charge in [-0.2, -0.15) is 0 Å². The molecule has 2 nitrogen and oxygen atoms in total. The standard InChI is InChI=1S/C16H34N2/c1-5-10-17-14(3)13-15(4)18-11-7-8-16(6-2)9-12-18/h14-17H,5-13H2,1-4H3. The minimum absolute atomic E-state index is 0.658. The molecule has 1 aliphatic heterocycles. The summed E-state index contributed by atoms with van der Waals surface area (Å²) < 4.78 is 0. The van der Waals surface area contributed by atoms with Gasteiger partial charge in [-0.25, -0.2) is 0 Å². The van der Waals surface area contributed by atoms with Crippen LogP contribution in [-0.2, 0) is 0 Å². The van der Waals surface area contributed by atoms with Crippen molar-refractivity contribution in [1.82, 2.24) is 10.2 Å². The molecule has 18 heavy (non-hydrogen) atoms. The summed E-state index contributed by atoms with van der Waals surface area (Å²) >= 11 is 0. The zero-order valence-corrected chi connectivity index (χ0v) is 13.0. The molecule has 1 N–H and O–H groups in total. The molecule has 1 aliphatic rings. The van der Waals surface area contributed by atoms with Crippen LogP contribution in [0.3, 0.4) is 0 Å². The summed E-state index contributed by atoms with van der Waals surface area (Å²) in [6, 6.07) is 1.39. The maximum atomic E-state index is 3.61. The third-order valence-corrected chi connectivity index (χ3v) is 4.52. The maximum Gasteiger partial charge on any atom is 0.00816 e. The molecule has 0 saturated carbocycles. The van der Waals surface area contributed by atoms with Gasteiger partial charge < -0.3 is 10.2 Å². The highest BCUT2D eigenvalue weighted by molar-refractivity contribution is 4.77. The molecule has 0 bridgehead atoms. The van der Waals surface area contributed by atoms with Gasteiger partial charge in [0.05, 0.1) is 0 Å². The Balaban J connectivity index is 2.29. The number of likely N-dealkylation sites (tertiary alicyclic amines) is 1. The molecule has 1 rings (SSSR count). The predicted octanol–water partition coefficient (Wildman–Crippen LogP) is 3.67. The molecule has 2 heteroatoms. The van der Waals surface area contributed by atoms with Crippen molar-refractivity contribution in [3.8, 4) is 0 Å². The third kappa shape index (κ3) is 5.71. The first-order valence-corrected chi connectivity index (χ1v) is 8.14. The van der Waals surface area contributed by atoms with Gasteiger partial charge in [0.15, 0.2) is 0 Å². The Labute approximate surface area is 115 Å². The first kappa shape index (κ1) is 16.0. The van der Waals surface area contributed by atoms with Crippen LogP contribution in [0, 0.1) is 5.92 Å². The van der Waals surface area contributed by atoms with Crippen LogP contribution in [0.15, 0.2) is 0 Å². The molecular weight excluding hydrogens is 220 g/mol. The van der Waals surface area contributed by atoms with Gasteiger partial charge in [0, 0.05) is 12.1 Å². The van der Waals surface area contributed by atoms with E-state index in [1.807, 2.05) is 0 Å². The van der Waals surface area contributed by atoms with Crippen molar-refractivity contribution in [3.05, 3.63) is 0 Å². The van der Waals surface area contributed by atoms with Crippen LogP contribution in [0.5, 0.6) is 0 Å². The SMILES string of the molecule is CCCNC(C)CC(C)N1CCCC(CC)CC1. The molecule has 0 aromatic heterocycles. The van der Waals surface area contributed by atoms with Gasteiger partial charge in [0.1, 0.15) is 0 Å². The molecule has 1 fully saturated rings. The van der Waals surface area contributed by atoms with Gasteiger partial charge in [-0.05, 0) is 71.5 Å². The van der Waals surface area contributed by atoms with Crippen molar-refractivity contribution in [2.24, 2.45) is 5.92 Å². The molecule has 0 aromatic rings. The second kappa shape index (κ2) is 8.92. The van der Waals surface area contributed by atoms with E-state index in [-0.39, 0.29) is 0 Å². The molecule has 0 aromatic carbocycles. The monoisotopic (exact) mass is 254 g/mol. The minimum atomic E-state index is 0.658. The smallest absolute Gasteiger partial charge is 0.00816 e. The van der Waals surface area contributed by atoms with E-state index in [0.717, 1.165) is 18.5 Å². The van der Waals surface area contributed by atoms with Crippen LogP contribution in [0.2, 0.25) is 0 Å². The Morgan fingerprint density at radius 2 is 1.94 bits per heavy atom. The van der Waals surface area contributed by atoms with E-state index in [9.17, 15) is 0 Å². The molecule has 1 heterocycles. The highest BCUT2D eigenvalue weighted by Gasteiger charge is 2.20. The number of nitrogens with zero attached hydrogens (tertiary/aromatic N) is 1. The highest BCUT2D eigenvalue weighted by Crippen LogP contribution is 2.22. The van der Waals surface area contributed by atoms with E-state index in [1.165, 1.54) is 51.6 Å². The molecular formula is C16H34N2. The van der Waals surface area contributed by atoms with Crippen molar-refractivity contribution >= 4 is 0 Å². The first-order valence-electron chi connectivity index (χ1n) is 8.14. The second-order valence-electron chi connectivity index (χ2n) is 6.18. The zero-order valence-electron chi connectivity index (χ0n) is 13.0. The summed E-state index contributed by atoms with van der Waals surface area (Å²) in [5, 5.41) is 3.61. The maximum absolute atomic E-state index is 3.61. The lowest BCUT2D eigenvalue weighted by Gasteiger charge is -2.30. The lowest BCUT2D eigenvalue weighted by molar-refractivity contribution is 0.193. The number of nitrogens with one attached hydrogen (secondary N) is 1. The van der Waals surface area contributed by atoms with Crippen LogP contribution in [0.1, 0.15) is 66.2 Å². The van der Waals surface area contributed by atoms with E-state index >= 15 is 0 Å². The lowest BCUT2D eigenvalue weighted by atomic mass is 9.98. The third-order valence-electron chi connectivity index (χ3n) is 4.52. The average Bonchev–Trinajstić information content (AvgIpc) is 2.61. The highest BCUT2D eigenvalue weighted by atomic mass is 15.2. The molecule has 3 atom stereocenters. The van der Waals surface area contributed by atoms with Crippen molar-refractivity contribution < 1.29 is 0 Å². The van der Waals surface area contributed by atoms with Gasteiger partial charge in [0.25, 0.3) is 0 Å². The minimum Gasteiger partial charge on any atom is -0.314 e. The summed E-state index contributed by atoms with van der Waals surface area (Å²) in [7, 11) is 0. The van der Waals surface area contributed by atoms with Crippen LogP contribution >= 0.6 is 0 Å². The van der Waals surface area contributed by atoms with E-state index < -0.39 is 0 Å². The van der Waals surface area contributed by atoms with Gasteiger partial charge in [-0.15, -0.1) is 0 Å². The Bertz CT molecular complexity index is 205. The van der Waals surface area contributed by atoms with Crippen molar-refractivity contribution in [1.29, 1.82) is 0 Å². The van der Waals surface area contributed by atoms with E-state index in [4.69, 9.17) is 0 Å². The summed E-state index contributed by atoms with van der Waals surface area (Å²) in [5.41, 5.74) is 0. The van der Waals surface area contributed by atoms with Gasteiger partial charge in [0.2, 0.25) is 0 Å². The Morgan fingerprint density at radius 1 is 1.17 bits per heavy atom. The van der Waals surface area contributed by atoms with Crippen LogP contribution < -0.4 is 5.32 Å². The Kier molecular flexibility index (Phi) is 7.92. The van der Waals surface area contributed by atoms with Crippen LogP contribution in [0.4, 0.5) is 0 Å². The Hall–Kier alpha value is -0.0800. The Morgan fingerprint density at radius 3 is 2.61 bits per heavy atom. The topological polar surface area (TPSA) is 15.3 Å². The van der Waals surface area contributed by atoms with E-state index in [1.54, 1.807) is 0 Å². The number of hydrogen-bond acceptors (Lipinski definition) is 2. The molecule has 1 saturated heterocycles. The van der Waals surface area contributed by atoms with Gasteiger partial charge >= 0.3 is 0 Å². The molecule has 0 aliphatic carbocycles. The largest absolute Gasteiger partial charge is 0.314 e. The fourth-order valence-corrected chi connectivity index (χ4v) is 3.17. The molecule has 0 radical (unpaired) electrons. The summed E-state index contributed by atoms with van der Waals surface area (Å²) in [6.07, 6.45) is 8.16. The molecule has 108 valence electrons. The van der Waals surface area contributed by atoms with Crippen molar-refractivity contribution in [3.63, 3.8) is 0 Å². The van der Waals surface area contributed by atoms with E-state index in [0.29, 0.717) is 6.04 Å². The number of rotatable bonds is 7. The first-order chi connectivity index (χ1) is 8.67. The van der Waals surface area contributed by atoms with E-state index in [2.05, 4.69) is 37.9 Å². The fraction of sp³-hybridized carbons (Fsp3) is 1.00. The second-order valence-corrected chi connectivity index (χ2v) is 6.18. The summed E-state index contributed by atoms with van der Waals surface area (Å²) in [6.45, 7) is 13.1. The van der Waals surface area contributed by atoms with Crippen LogP contribution in [-0.4, -0.2) is 36.6 Å². The molecule has 0 amide bonds. The summed E-state index contributed by atoms with van der Waals surface area (Å²) in [4.78, 5) is 2.72. The van der Waals surface area contributed by atoms with Gasteiger partial charge in [-0.3, -0.25) is 0 Å². The zero-order chi connectivity index (χ0) is 13.4. The fourth-order valence-electron chi connectivity index (χ4n) is 3.17. The quantitative estimate of drug-likeness (QED) is 0.746. The molecule has 0 spiro atoms. The van der Waals surface area contributed by atoms with Crippen LogP contribution in [0.25, 0.3) is 0 Å². The normalized spacial score (nSPS) is 25.7. The number of hydrogen-bond donors (Lipinski definition) is 1. The van der Waals surface area contributed by atoms with Crippen molar-refractivity contribution in [2.75, 3.05) is 19.6 Å². The average molecular weight is 254 g/mol. The molecule has 3 unspecified atom stereocenters. The predicted molar refractivity (Wildman–Crippen MR) is 81.0 cm³/mol. The lowest BCUT2D eigenvalue weighted by Crippen LogP contribution is -2.39. The summed E-state index contributed by atoms with van der Waals surface area (Å²) in [5.74, 6) is 0.984. The van der Waals surface area contributed by atoms with Gasteiger partial charge in [-0.1, -0.05) is 20.3 Å². The van der Waals surface area contributed by atoms with Crippen molar-refractivity contribution in [2.45, 2.75) is 78.3 Å².